The number of carbonyl (C=O) groups is 2. The van der Waals surface area contributed by atoms with Gasteiger partial charge in [-0.05, 0) is 70.6 Å². The largest absolute Gasteiger partial charge is 0.511 e. The molecule has 2 unspecified atom stereocenters. The van der Waals surface area contributed by atoms with E-state index in [9.17, 15) is 19.8 Å². The third kappa shape index (κ3) is 7.48. The lowest BCUT2D eigenvalue weighted by molar-refractivity contribution is -0.153. The summed E-state index contributed by atoms with van der Waals surface area (Å²) in [6, 6.07) is 0. The van der Waals surface area contributed by atoms with Crippen molar-refractivity contribution in [2.45, 2.75) is 116 Å². The van der Waals surface area contributed by atoms with Crippen molar-refractivity contribution >= 4 is 11.9 Å². The zero-order chi connectivity index (χ0) is 32.0. The summed E-state index contributed by atoms with van der Waals surface area (Å²) in [6.07, 6.45) is 4.57. The van der Waals surface area contributed by atoms with Crippen LogP contribution >= 0.6 is 0 Å². The van der Waals surface area contributed by atoms with Gasteiger partial charge in [0, 0.05) is 10.8 Å². The summed E-state index contributed by atoms with van der Waals surface area (Å²) >= 11 is 0. The van der Waals surface area contributed by atoms with Crippen LogP contribution in [0.1, 0.15) is 116 Å². The topological polar surface area (TPSA) is 93.1 Å². The Bertz CT molecular complexity index is 1070. The number of rotatable bonds is 6. The molecule has 232 valence electrons. The summed E-state index contributed by atoms with van der Waals surface area (Å²) in [7, 11) is 0. The average molecular weight is 573 g/mol. The SMILES string of the molecule is CC(C)(C)C1=C(O)C(C)(C(C)(C)C)C=C(COC(=O)CC(=O)OCC2=CC(C)(C(C)(C)C)C(O)=C(C(C)(C)C)C2)C1. The monoisotopic (exact) mass is 572 g/mol. The van der Waals surface area contributed by atoms with E-state index in [1.54, 1.807) is 0 Å². The molecular formula is C35H56O6. The van der Waals surface area contributed by atoms with E-state index >= 15 is 0 Å². The van der Waals surface area contributed by atoms with Gasteiger partial charge < -0.3 is 19.7 Å². The second-order valence-electron chi connectivity index (χ2n) is 16.5. The predicted octanol–water partition coefficient (Wildman–Crippen LogP) is 8.94. The highest BCUT2D eigenvalue weighted by molar-refractivity contribution is 5.91. The van der Waals surface area contributed by atoms with Gasteiger partial charge in [-0.25, -0.2) is 0 Å². The molecule has 2 N–H and O–H groups in total. The van der Waals surface area contributed by atoms with Crippen molar-refractivity contribution in [2.75, 3.05) is 13.2 Å². The van der Waals surface area contributed by atoms with Gasteiger partial charge in [-0.3, -0.25) is 9.59 Å². The Morgan fingerprint density at radius 2 is 0.951 bits per heavy atom. The van der Waals surface area contributed by atoms with E-state index in [1.807, 2.05) is 26.0 Å². The van der Waals surface area contributed by atoms with Gasteiger partial charge in [-0.1, -0.05) is 95.2 Å². The molecule has 0 aromatic carbocycles. The van der Waals surface area contributed by atoms with Crippen molar-refractivity contribution in [3.63, 3.8) is 0 Å². The van der Waals surface area contributed by atoms with Gasteiger partial charge in [0.05, 0.1) is 0 Å². The first-order valence-electron chi connectivity index (χ1n) is 14.8. The van der Waals surface area contributed by atoms with Crippen LogP contribution in [-0.2, 0) is 19.1 Å². The van der Waals surface area contributed by atoms with Gasteiger partial charge in [0.25, 0.3) is 0 Å². The van der Waals surface area contributed by atoms with E-state index in [4.69, 9.17) is 9.47 Å². The lowest BCUT2D eigenvalue weighted by Gasteiger charge is -2.45. The van der Waals surface area contributed by atoms with E-state index in [-0.39, 0.29) is 34.9 Å². The van der Waals surface area contributed by atoms with Gasteiger partial charge in [-0.15, -0.1) is 0 Å². The van der Waals surface area contributed by atoms with Crippen LogP contribution in [0.2, 0.25) is 0 Å². The number of hydrogen-bond acceptors (Lipinski definition) is 6. The van der Waals surface area contributed by atoms with Crippen LogP contribution in [0.15, 0.2) is 46.0 Å². The summed E-state index contributed by atoms with van der Waals surface area (Å²) in [5.41, 5.74) is 1.42. The highest BCUT2D eigenvalue weighted by Gasteiger charge is 2.46. The summed E-state index contributed by atoms with van der Waals surface area (Å²) in [5, 5.41) is 22.5. The van der Waals surface area contributed by atoms with E-state index in [2.05, 4.69) is 83.1 Å². The van der Waals surface area contributed by atoms with Crippen molar-refractivity contribution in [1.82, 2.24) is 0 Å². The number of hydrogen-bond donors (Lipinski definition) is 2. The highest BCUT2D eigenvalue weighted by Crippen LogP contribution is 2.53. The molecular weight excluding hydrogens is 516 g/mol. The molecule has 0 radical (unpaired) electrons. The smallest absolute Gasteiger partial charge is 0.317 e. The van der Waals surface area contributed by atoms with Gasteiger partial charge in [-0.2, -0.15) is 0 Å². The van der Waals surface area contributed by atoms with Crippen molar-refractivity contribution in [1.29, 1.82) is 0 Å². The Balaban J connectivity index is 2.09. The molecule has 0 aromatic heterocycles. The Morgan fingerprint density at radius 1 is 0.659 bits per heavy atom. The molecule has 0 amide bonds. The summed E-state index contributed by atoms with van der Waals surface area (Å²) in [4.78, 5) is 25.3. The maximum Gasteiger partial charge on any atom is 0.317 e. The molecule has 6 nitrogen and oxygen atoms in total. The van der Waals surface area contributed by atoms with Crippen molar-refractivity contribution in [3.8, 4) is 0 Å². The number of esters is 2. The van der Waals surface area contributed by atoms with Crippen LogP contribution in [0.5, 0.6) is 0 Å². The van der Waals surface area contributed by atoms with Crippen LogP contribution in [-0.4, -0.2) is 35.4 Å². The van der Waals surface area contributed by atoms with Crippen LogP contribution in [0.25, 0.3) is 0 Å². The molecule has 2 aliphatic rings. The second kappa shape index (κ2) is 11.3. The highest BCUT2D eigenvalue weighted by atomic mass is 16.6. The molecule has 0 aromatic rings. The molecule has 0 saturated heterocycles. The van der Waals surface area contributed by atoms with Gasteiger partial charge >= 0.3 is 11.9 Å². The molecule has 0 spiro atoms. The first-order chi connectivity index (χ1) is 18.2. The third-order valence-corrected chi connectivity index (χ3v) is 9.40. The van der Waals surface area contributed by atoms with E-state index in [0.29, 0.717) is 24.4 Å². The van der Waals surface area contributed by atoms with Crippen LogP contribution in [0.3, 0.4) is 0 Å². The van der Waals surface area contributed by atoms with Gasteiger partial charge in [0.1, 0.15) is 31.2 Å². The predicted molar refractivity (Wildman–Crippen MR) is 165 cm³/mol. The molecule has 6 heteroatoms. The number of carbonyl (C=O) groups excluding carboxylic acids is 2. The zero-order valence-electron chi connectivity index (χ0n) is 28.2. The number of aliphatic hydroxyl groups excluding tert-OH is 2. The molecule has 0 aliphatic heterocycles. The Hall–Kier alpha value is -2.50. The van der Waals surface area contributed by atoms with Crippen molar-refractivity contribution in [2.24, 2.45) is 32.5 Å². The summed E-state index contributed by atoms with van der Waals surface area (Å²) in [6.45, 7) is 29.0. The average Bonchev–Trinajstić information content (AvgIpc) is 2.77. The minimum Gasteiger partial charge on any atom is -0.511 e. The van der Waals surface area contributed by atoms with Crippen molar-refractivity contribution in [3.05, 3.63) is 46.0 Å². The fourth-order valence-electron chi connectivity index (χ4n) is 5.44. The fraction of sp³-hybridized carbons (Fsp3) is 0.714. The van der Waals surface area contributed by atoms with Crippen LogP contribution in [0.4, 0.5) is 0 Å². The first-order valence-corrected chi connectivity index (χ1v) is 14.8. The number of aliphatic hydroxyl groups is 2. The van der Waals surface area contributed by atoms with Gasteiger partial charge in [0.15, 0.2) is 0 Å². The normalized spacial score (nSPS) is 24.6. The van der Waals surface area contributed by atoms with E-state index < -0.39 is 29.2 Å². The Kier molecular flexibility index (Phi) is 9.56. The van der Waals surface area contributed by atoms with Gasteiger partial charge in [0.2, 0.25) is 0 Å². The minimum atomic E-state index is -0.644. The lowest BCUT2D eigenvalue weighted by atomic mass is 9.60. The first kappa shape index (κ1) is 34.7. The van der Waals surface area contributed by atoms with E-state index in [0.717, 1.165) is 22.3 Å². The number of ether oxygens (including phenoxy) is 2. The molecule has 2 atom stereocenters. The molecule has 0 bridgehead atoms. The maximum atomic E-state index is 12.6. The summed E-state index contributed by atoms with van der Waals surface area (Å²) < 4.78 is 11.1. The lowest BCUT2D eigenvalue weighted by Crippen LogP contribution is -2.38. The standard InChI is InChI=1S/C35H56O6/c1-30(2,3)24-15-22(18-34(13,28(24)38)32(7,8)9)20-40-26(36)17-27(37)41-21-23-16-25(31(4,5)6)29(39)35(14,19-23)33(10,11)12/h18-19,38-39H,15-17,20-21H2,1-14H3. The molecule has 41 heavy (non-hydrogen) atoms. The van der Waals surface area contributed by atoms with E-state index in [1.165, 1.54) is 0 Å². The Labute approximate surface area is 249 Å². The quantitative estimate of drug-likeness (QED) is 0.187. The molecule has 0 saturated carbocycles. The zero-order valence-corrected chi connectivity index (χ0v) is 28.2. The molecule has 2 rings (SSSR count). The van der Waals surface area contributed by atoms with Crippen molar-refractivity contribution < 1.29 is 29.3 Å². The number of allylic oxidation sites excluding steroid dienone is 4. The molecule has 2 aliphatic carbocycles. The van der Waals surface area contributed by atoms with Crippen LogP contribution in [0, 0.1) is 32.5 Å². The fourth-order valence-corrected chi connectivity index (χ4v) is 5.44. The molecule has 0 fully saturated rings. The summed E-state index contributed by atoms with van der Waals surface area (Å²) in [5.74, 6) is -0.522. The third-order valence-electron chi connectivity index (χ3n) is 9.40. The Morgan fingerprint density at radius 3 is 1.20 bits per heavy atom. The minimum absolute atomic E-state index is 0.0543. The second-order valence-corrected chi connectivity index (χ2v) is 16.5. The maximum absolute atomic E-state index is 12.6. The molecule has 0 heterocycles. The van der Waals surface area contributed by atoms with Crippen LogP contribution < -0.4 is 0 Å².